The Hall–Kier alpha value is -1.04. The number of rotatable bonds is 6. The molecule has 0 radical (unpaired) electrons. The van der Waals surface area contributed by atoms with Crippen LogP contribution in [0.5, 0.6) is 0 Å². The minimum Gasteiger partial charge on any atom is -0.392 e. The van der Waals surface area contributed by atoms with E-state index in [-0.39, 0.29) is 5.82 Å². The van der Waals surface area contributed by atoms with Crippen LogP contribution < -0.4 is 0 Å². The molecule has 2 rings (SSSR count). The highest BCUT2D eigenvalue weighted by Gasteiger charge is 2.16. The fraction of sp³-hybridized carbons (Fsp3) is 0.400. The highest BCUT2D eigenvalue weighted by molar-refractivity contribution is 7.99. The first kappa shape index (κ1) is 16.3. The molecule has 0 amide bonds. The number of aromatic nitrogens is 2. The van der Waals surface area contributed by atoms with Crippen LogP contribution in [-0.2, 0) is 13.0 Å². The van der Waals surface area contributed by atoms with Gasteiger partial charge in [0.05, 0.1) is 22.5 Å². The fourth-order valence-corrected chi connectivity index (χ4v) is 3.11. The summed E-state index contributed by atoms with van der Waals surface area (Å²) in [6.45, 7) is 4.57. The molecule has 1 aromatic carbocycles. The lowest BCUT2D eigenvalue weighted by Crippen LogP contribution is -2.17. The van der Waals surface area contributed by atoms with E-state index in [4.69, 9.17) is 11.6 Å². The van der Waals surface area contributed by atoms with Gasteiger partial charge in [0.1, 0.15) is 5.82 Å². The molecule has 2 aromatic rings. The average molecular weight is 329 g/mol. The van der Waals surface area contributed by atoms with Gasteiger partial charge in [0.25, 0.3) is 0 Å². The van der Waals surface area contributed by atoms with Crippen molar-refractivity contribution in [1.29, 1.82) is 0 Å². The van der Waals surface area contributed by atoms with Crippen molar-refractivity contribution in [3.63, 3.8) is 0 Å². The highest BCUT2D eigenvalue weighted by Crippen LogP contribution is 2.24. The normalized spacial score (nSPS) is 12.6. The lowest BCUT2D eigenvalue weighted by Gasteiger charge is -2.12. The summed E-state index contributed by atoms with van der Waals surface area (Å²) in [7, 11) is 0. The minimum atomic E-state index is -0.529. The first-order valence-corrected chi connectivity index (χ1v) is 8.15. The lowest BCUT2D eigenvalue weighted by molar-refractivity contribution is 0.197. The van der Waals surface area contributed by atoms with E-state index in [1.54, 1.807) is 12.1 Å². The third-order valence-corrected chi connectivity index (χ3v) is 4.79. The number of aliphatic hydroxyl groups excluding tert-OH is 1. The van der Waals surface area contributed by atoms with Crippen LogP contribution in [0.25, 0.3) is 0 Å². The van der Waals surface area contributed by atoms with Crippen LogP contribution in [-0.4, -0.2) is 26.7 Å². The van der Waals surface area contributed by atoms with E-state index in [0.29, 0.717) is 17.2 Å². The van der Waals surface area contributed by atoms with E-state index in [1.165, 1.54) is 23.9 Å². The van der Waals surface area contributed by atoms with Crippen LogP contribution in [0.2, 0.25) is 5.02 Å². The predicted octanol–water partition coefficient (Wildman–Crippen LogP) is 3.70. The summed E-state index contributed by atoms with van der Waals surface area (Å²) in [5.41, 5.74) is 1.65. The summed E-state index contributed by atoms with van der Waals surface area (Å²) in [4.78, 5) is 0.932. The second-order valence-electron chi connectivity index (χ2n) is 4.78. The molecule has 1 aromatic heterocycles. The smallest absolute Gasteiger partial charge is 0.123 e. The van der Waals surface area contributed by atoms with Crippen molar-refractivity contribution in [2.45, 2.75) is 37.8 Å². The average Bonchev–Trinajstić information content (AvgIpc) is 2.74. The predicted molar refractivity (Wildman–Crippen MR) is 84.5 cm³/mol. The SMILES string of the molecule is CCn1nc(C)c(Cl)c1CC(O)CSc1ccc(F)cc1. The van der Waals surface area contributed by atoms with Crippen molar-refractivity contribution in [2.24, 2.45) is 0 Å². The molecule has 3 nitrogen and oxygen atoms in total. The summed E-state index contributed by atoms with van der Waals surface area (Å²) in [5, 5.41) is 15.1. The molecule has 0 fully saturated rings. The summed E-state index contributed by atoms with van der Waals surface area (Å²) in [6.07, 6.45) is -0.0687. The van der Waals surface area contributed by atoms with Gasteiger partial charge in [-0.2, -0.15) is 5.10 Å². The first-order valence-electron chi connectivity index (χ1n) is 6.79. The lowest BCUT2D eigenvalue weighted by atomic mass is 10.2. The number of aryl methyl sites for hydroxylation is 2. The van der Waals surface area contributed by atoms with Gasteiger partial charge in [-0.15, -0.1) is 11.8 Å². The van der Waals surface area contributed by atoms with Gasteiger partial charge in [-0.1, -0.05) is 11.6 Å². The number of aliphatic hydroxyl groups is 1. The zero-order valence-electron chi connectivity index (χ0n) is 12.0. The number of nitrogens with zero attached hydrogens (tertiary/aromatic N) is 2. The minimum absolute atomic E-state index is 0.256. The van der Waals surface area contributed by atoms with Crippen LogP contribution in [0.3, 0.4) is 0 Å². The second kappa shape index (κ2) is 7.29. The van der Waals surface area contributed by atoms with E-state index in [0.717, 1.165) is 22.8 Å². The van der Waals surface area contributed by atoms with Crippen molar-refractivity contribution in [3.8, 4) is 0 Å². The molecular weight excluding hydrogens is 311 g/mol. The monoisotopic (exact) mass is 328 g/mol. The van der Waals surface area contributed by atoms with E-state index < -0.39 is 6.10 Å². The summed E-state index contributed by atoms with van der Waals surface area (Å²) >= 11 is 7.72. The third kappa shape index (κ3) is 4.22. The maximum Gasteiger partial charge on any atom is 0.123 e. The van der Waals surface area contributed by atoms with Crippen molar-refractivity contribution in [2.75, 3.05) is 5.75 Å². The van der Waals surface area contributed by atoms with Crippen LogP contribution in [0.4, 0.5) is 4.39 Å². The molecule has 1 unspecified atom stereocenters. The Morgan fingerprint density at radius 1 is 1.38 bits per heavy atom. The van der Waals surface area contributed by atoms with Gasteiger partial charge in [0.15, 0.2) is 0 Å². The summed E-state index contributed by atoms with van der Waals surface area (Å²) < 4.78 is 14.6. The largest absolute Gasteiger partial charge is 0.392 e. The first-order chi connectivity index (χ1) is 10.0. The van der Waals surface area contributed by atoms with E-state index in [2.05, 4.69) is 5.10 Å². The zero-order chi connectivity index (χ0) is 15.4. The standard InChI is InChI=1S/C15H18ClFN2OS/c1-3-19-14(15(16)10(2)18-19)8-12(20)9-21-13-6-4-11(17)5-7-13/h4-7,12,20H,3,8-9H2,1-2H3. The number of halogens is 2. The molecule has 0 aliphatic rings. The quantitative estimate of drug-likeness (QED) is 0.822. The molecule has 1 atom stereocenters. The molecule has 0 bridgehead atoms. The highest BCUT2D eigenvalue weighted by atomic mass is 35.5. The molecule has 0 saturated carbocycles. The van der Waals surface area contributed by atoms with Crippen LogP contribution >= 0.6 is 23.4 Å². The Labute approximate surface area is 133 Å². The molecule has 21 heavy (non-hydrogen) atoms. The Morgan fingerprint density at radius 3 is 2.67 bits per heavy atom. The number of hydrogen-bond donors (Lipinski definition) is 1. The Balaban J connectivity index is 1.95. The molecule has 1 heterocycles. The van der Waals surface area contributed by atoms with E-state index >= 15 is 0 Å². The molecule has 0 aliphatic heterocycles. The van der Waals surface area contributed by atoms with Gasteiger partial charge in [-0.25, -0.2) is 4.39 Å². The third-order valence-electron chi connectivity index (χ3n) is 3.14. The molecule has 0 spiro atoms. The molecule has 6 heteroatoms. The Morgan fingerprint density at radius 2 is 2.05 bits per heavy atom. The van der Waals surface area contributed by atoms with Crippen molar-refractivity contribution in [3.05, 3.63) is 46.5 Å². The molecular formula is C15H18ClFN2OS. The molecule has 1 N–H and O–H groups in total. The zero-order valence-corrected chi connectivity index (χ0v) is 13.6. The molecule has 114 valence electrons. The van der Waals surface area contributed by atoms with Gasteiger partial charge >= 0.3 is 0 Å². The number of thioether (sulfide) groups is 1. The van der Waals surface area contributed by atoms with Gasteiger partial charge in [-0.3, -0.25) is 4.68 Å². The molecule has 0 saturated heterocycles. The number of benzene rings is 1. The Bertz CT molecular complexity index is 600. The van der Waals surface area contributed by atoms with Crippen molar-refractivity contribution >= 4 is 23.4 Å². The fourth-order valence-electron chi connectivity index (χ4n) is 2.07. The summed E-state index contributed by atoms with van der Waals surface area (Å²) in [5.74, 6) is 0.268. The van der Waals surface area contributed by atoms with Gasteiger partial charge in [0.2, 0.25) is 0 Å². The summed E-state index contributed by atoms with van der Waals surface area (Å²) in [6, 6.07) is 6.25. The van der Waals surface area contributed by atoms with Gasteiger partial charge < -0.3 is 5.11 Å². The van der Waals surface area contributed by atoms with Crippen LogP contribution in [0.15, 0.2) is 29.2 Å². The maximum absolute atomic E-state index is 12.8. The molecule has 0 aliphatic carbocycles. The topological polar surface area (TPSA) is 38.0 Å². The van der Waals surface area contributed by atoms with E-state index in [1.807, 2.05) is 18.5 Å². The Kier molecular flexibility index (Phi) is 5.67. The van der Waals surface area contributed by atoms with Crippen molar-refractivity contribution in [1.82, 2.24) is 9.78 Å². The van der Waals surface area contributed by atoms with Gasteiger partial charge in [-0.05, 0) is 38.1 Å². The van der Waals surface area contributed by atoms with Gasteiger partial charge in [0, 0.05) is 23.6 Å². The number of hydrogen-bond acceptors (Lipinski definition) is 3. The maximum atomic E-state index is 12.8. The second-order valence-corrected chi connectivity index (χ2v) is 6.26. The van der Waals surface area contributed by atoms with Crippen molar-refractivity contribution < 1.29 is 9.50 Å². The van der Waals surface area contributed by atoms with E-state index in [9.17, 15) is 9.50 Å². The van der Waals surface area contributed by atoms with Crippen LogP contribution in [0.1, 0.15) is 18.3 Å². The van der Waals surface area contributed by atoms with Crippen LogP contribution in [0, 0.1) is 12.7 Å².